The van der Waals surface area contributed by atoms with Crippen LogP contribution in [0.1, 0.15) is 376 Å². The molecule has 0 rings (SSSR count). The fraction of sp³-hybridized carbons (Fsp3) is 0.947. The summed E-state index contributed by atoms with van der Waals surface area (Å²) in [4.78, 5) is 72.8. The van der Waals surface area contributed by atoms with Crippen molar-refractivity contribution in [3.05, 3.63) is 0 Å². The van der Waals surface area contributed by atoms with Gasteiger partial charge in [0.2, 0.25) is 0 Å². The summed E-state index contributed by atoms with van der Waals surface area (Å²) in [5.74, 6) is 0.965. The predicted octanol–water partition coefficient (Wildman–Crippen LogP) is 21.7. The number of unbranched alkanes of at least 4 members (excludes halogenated alkanes) is 36. The minimum atomic E-state index is -4.96. The van der Waals surface area contributed by atoms with Crippen molar-refractivity contribution in [3.63, 3.8) is 0 Å². The summed E-state index contributed by atoms with van der Waals surface area (Å²) < 4.78 is 68.5. The van der Waals surface area contributed by atoms with E-state index in [0.717, 1.165) is 114 Å². The quantitative estimate of drug-likeness (QED) is 0.0222. The molecule has 0 heterocycles. The molecule has 5 unspecified atom stereocenters. The summed E-state index contributed by atoms with van der Waals surface area (Å²) in [5, 5.41) is 10.6. The molecule has 94 heavy (non-hydrogen) atoms. The van der Waals surface area contributed by atoms with Crippen LogP contribution < -0.4 is 0 Å². The van der Waals surface area contributed by atoms with E-state index in [1.807, 2.05) is 0 Å². The molecule has 0 saturated heterocycles. The highest BCUT2D eigenvalue weighted by Gasteiger charge is 2.30. The highest BCUT2D eigenvalue weighted by molar-refractivity contribution is 7.47. The molecule has 0 bridgehead atoms. The van der Waals surface area contributed by atoms with Crippen LogP contribution in [-0.2, 0) is 65.4 Å². The van der Waals surface area contributed by atoms with Crippen LogP contribution in [0.5, 0.6) is 0 Å². The van der Waals surface area contributed by atoms with Gasteiger partial charge in [0.1, 0.15) is 19.3 Å². The average molecular weight is 1380 g/mol. The third-order valence-electron chi connectivity index (χ3n) is 18.0. The lowest BCUT2D eigenvalue weighted by Crippen LogP contribution is -2.30. The van der Waals surface area contributed by atoms with Gasteiger partial charge in [0.15, 0.2) is 12.2 Å². The van der Waals surface area contributed by atoms with E-state index >= 15 is 0 Å². The molecule has 0 aromatic rings. The van der Waals surface area contributed by atoms with Crippen LogP contribution in [0.2, 0.25) is 0 Å². The van der Waals surface area contributed by atoms with Gasteiger partial charge in [0.05, 0.1) is 26.4 Å². The van der Waals surface area contributed by atoms with Gasteiger partial charge < -0.3 is 33.8 Å². The molecule has 0 saturated carbocycles. The number of aliphatic hydroxyl groups is 1. The van der Waals surface area contributed by atoms with Crippen molar-refractivity contribution < 1.29 is 80.2 Å². The molecule has 0 radical (unpaired) electrons. The van der Waals surface area contributed by atoms with E-state index in [2.05, 4.69) is 55.4 Å². The number of carbonyl (C=O) groups excluding carboxylic acids is 4. The number of ether oxygens (including phenoxy) is 4. The smallest absolute Gasteiger partial charge is 0.462 e. The summed E-state index contributed by atoms with van der Waals surface area (Å²) in [6, 6.07) is 0. The lowest BCUT2D eigenvalue weighted by Gasteiger charge is -2.21. The Morgan fingerprint density at radius 3 is 0.755 bits per heavy atom. The fourth-order valence-corrected chi connectivity index (χ4v) is 12.9. The van der Waals surface area contributed by atoms with Gasteiger partial charge in [-0.1, -0.05) is 325 Å². The molecule has 0 aliphatic rings. The number of aliphatic hydroxyl groups excluding tert-OH is 1. The minimum Gasteiger partial charge on any atom is -0.462 e. The topological polar surface area (TPSA) is 237 Å². The van der Waals surface area contributed by atoms with Crippen LogP contribution >= 0.6 is 15.6 Å². The summed E-state index contributed by atoms with van der Waals surface area (Å²) in [5.41, 5.74) is 0. The molecule has 7 atom stereocenters. The Hall–Kier alpha value is -1.94. The molecule has 0 aliphatic heterocycles. The van der Waals surface area contributed by atoms with E-state index in [1.165, 1.54) is 173 Å². The Balaban J connectivity index is 5.25. The molecule has 0 aliphatic carbocycles. The van der Waals surface area contributed by atoms with Crippen LogP contribution in [0.4, 0.5) is 0 Å². The molecular weight excluding hydrogens is 1230 g/mol. The van der Waals surface area contributed by atoms with Crippen LogP contribution in [0.15, 0.2) is 0 Å². The first kappa shape index (κ1) is 92.1. The molecule has 0 aromatic carbocycles. The van der Waals surface area contributed by atoms with Crippen molar-refractivity contribution in [2.24, 2.45) is 23.7 Å². The summed E-state index contributed by atoms with van der Waals surface area (Å²) in [6.07, 6.45) is 48.5. The Morgan fingerprint density at radius 1 is 0.298 bits per heavy atom. The molecule has 0 aromatic heterocycles. The van der Waals surface area contributed by atoms with Gasteiger partial charge in [0, 0.05) is 25.7 Å². The number of hydrogen-bond donors (Lipinski definition) is 3. The van der Waals surface area contributed by atoms with Crippen LogP contribution in [0, 0.1) is 23.7 Å². The Bertz CT molecular complexity index is 1850. The van der Waals surface area contributed by atoms with E-state index < -0.39 is 97.5 Å². The fourth-order valence-electron chi connectivity index (χ4n) is 11.3. The lowest BCUT2D eigenvalue weighted by molar-refractivity contribution is -0.161. The van der Waals surface area contributed by atoms with Gasteiger partial charge in [-0.25, -0.2) is 9.13 Å². The zero-order valence-electron chi connectivity index (χ0n) is 61.6. The van der Waals surface area contributed by atoms with Crippen molar-refractivity contribution in [2.75, 3.05) is 39.6 Å². The van der Waals surface area contributed by atoms with Crippen molar-refractivity contribution >= 4 is 39.5 Å². The van der Waals surface area contributed by atoms with Gasteiger partial charge in [-0.3, -0.25) is 37.3 Å². The zero-order chi connectivity index (χ0) is 69.6. The SMILES string of the molecule is CCC(C)CCCCCCCCCCCCC(=O)O[C@H](COC(=O)CCCCCCCCCC(C)C)COP(=O)(O)OCC(O)COP(=O)(O)OC[C@@H](COC(=O)CCCCCCCCCCC(C)CC)OC(=O)CCCCCCCCCCCCCCCCCC(C)C. The first-order chi connectivity index (χ1) is 45.2. The Morgan fingerprint density at radius 2 is 0.511 bits per heavy atom. The Kier molecular flexibility index (Phi) is 63.1. The van der Waals surface area contributed by atoms with Gasteiger partial charge in [0.25, 0.3) is 0 Å². The van der Waals surface area contributed by atoms with E-state index in [-0.39, 0.29) is 25.7 Å². The van der Waals surface area contributed by atoms with Crippen molar-refractivity contribution in [1.29, 1.82) is 0 Å². The van der Waals surface area contributed by atoms with E-state index in [4.69, 9.17) is 37.0 Å². The Labute approximate surface area is 575 Å². The number of hydrogen-bond acceptors (Lipinski definition) is 15. The first-order valence-electron chi connectivity index (χ1n) is 38.8. The third kappa shape index (κ3) is 66.0. The lowest BCUT2D eigenvalue weighted by atomic mass is 9.99. The molecule has 558 valence electrons. The van der Waals surface area contributed by atoms with Crippen LogP contribution in [-0.4, -0.2) is 96.7 Å². The normalized spacial score (nSPS) is 14.7. The molecule has 0 spiro atoms. The maximum absolute atomic E-state index is 13.1. The number of esters is 4. The molecule has 0 amide bonds. The van der Waals surface area contributed by atoms with Gasteiger partial charge in [-0.05, 0) is 49.4 Å². The van der Waals surface area contributed by atoms with Gasteiger partial charge in [-0.2, -0.15) is 0 Å². The zero-order valence-corrected chi connectivity index (χ0v) is 63.4. The van der Waals surface area contributed by atoms with E-state index in [0.29, 0.717) is 31.6 Å². The highest BCUT2D eigenvalue weighted by Crippen LogP contribution is 2.45. The molecule has 19 heteroatoms. The van der Waals surface area contributed by atoms with E-state index in [1.54, 1.807) is 0 Å². The van der Waals surface area contributed by atoms with E-state index in [9.17, 15) is 43.2 Å². The van der Waals surface area contributed by atoms with Crippen LogP contribution in [0.3, 0.4) is 0 Å². The molecule has 0 fully saturated rings. The van der Waals surface area contributed by atoms with Crippen LogP contribution in [0.25, 0.3) is 0 Å². The predicted molar refractivity (Wildman–Crippen MR) is 381 cm³/mol. The molecule has 3 N–H and O–H groups in total. The minimum absolute atomic E-state index is 0.105. The van der Waals surface area contributed by atoms with Gasteiger partial charge >= 0.3 is 39.5 Å². The number of phosphoric acid groups is 2. The summed E-state index contributed by atoms with van der Waals surface area (Å²) in [7, 11) is -9.91. The van der Waals surface area contributed by atoms with Gasteiger partial charge in [-0.15, -0.1) is 0 Å². The summed E-state index contributed by atoms with van der Waals surface area (Å²) >= 11 is 0. The second kappa shape index (κ2) is 64.4. The molecule has 17 nitrogen and oxygen atoms in total. The first-order valence-corrected chi connectivity index (χ1v) is 41.8. The summed E-state index contributed by atoms with van der Waals surface area (Å²) in [6.45, 7) is 14.2. The highest BCUT2D eigenvalue weighted by atomic mass is 31.2. The second-order valence-electron chi connectivity index (χ2n) is 28.5. The number of rotatable bonds is 72. The second-order valence-corrected chi connectivity index (χ2v) is 31.4. The van der Waals surface area contributed by atoms with Crippen molar-refractivity contribution in [3.8, 4) is 0 Å². The third-order valence-corrected chi connectivity index (χ3v) is 19.9. The molecular formula is C75H146O17P2. The average Bonchev–Trinajstić information content (AvgIpc) is 1.46. The maximum Gasteiger partial charge on any atom is 0.472 e. The van der Waals surface area contributed by atoms with Crippen molar-refractivity contribution in [2.45, 2.75) is 395 Å². The number of phosphoric ester groups is 2. The monoisotopic (exact) mass is 1380 g/mol. The largest absolute Gasteiger partial charge is 0.472 e. The maximum atomic E-state index is 13.1. The number of carbonyl (C=O) groups is 4. The van der Waals surface area contributed by atoms with Crippen molar-refractivity contribution in [1.82, 2.24) is 0 Å². The standard InChI is InChI=1S/C75H146O17P2/c1-9-67(7)53-45-37-29-21-18-19-23-33-42-50-58-75(80)92-71(62-86-73(78)56-48-40-34-26-28-36-44-52-66(5)6)64-90-94(83,84)88-60-69(76)59-87-93(81,82)89-63-70(61-85-72(77)55-47-39-31-25-24-30-38-46-54-68(8)10-2)91-74(79)57-49-41-32-22-17-15-13-11-12-14-16-20-27-35-43-51-65(3)4/h65-71,76H,9-64H2,1-8H3,(H,81,82)(H,83,84)/t67?,68?,69?,70-,71-/m1/s1.